The van der Waals surface area contributed by atoms with Crippen LogP contribution < -0.4 is 9.47 Å². The van der Waals surface area contributed by atoms with Crippen LogP contribution in [0, 0.1) is 10.1 Å². The van der Waals surface area contributed by atoms with Crippen LogP contribution in [0.2, 0.25) is 0 Å². The molecule has 1 heterocycles. The molecular weight excluding hydrogens is 362 g/mol. The summed E-state index contributed by atoms with van der Waals surface area (Å²) in [6.45, 7) is 4.21. The van der Waals surface area contributed by atoms with Gasteiger partial charge in [-0.05, 0) is 29.8 Å². The molecule has 1 saturated heterocycles. The number of hydrogen-bond acceptors (Lipinski definition) is 7. The van der Waals surface area contributed by atoms with Gasteiger partial charge in [-0.3, -0.25) is 19.9 Å². The number of nitrogens with zero attached hydrogens (tertiary/aromatic N) is 3. The van der Waals surface area contributed by atoms with E-state index < -0.39 is 11.2 Å². The van der Waals surface area contributed by atoms with E-state index in [0.717, 1.165) is 38.5 Å². The minimum atomic E-state index is -0.710. The summed E-state index contributed by atoms with van der Waals surface area (Å²) in [5.74, 6) is 1.35. The number of ether oxygens (including phenoxy) is 2. The fraction of sp³-hybridized carbons (Fsp3) is 0.400. The van der Waals surface area contributed by atoms with Crippen molar-refractivity contribution in [3.8, 4) is 11.5 Å². The SMILES string of the molecule is COc1ccc(CN2CCN(C(O)COc3ccc([N+](=O)[O-])cc3)CC2)cc1. The molecule has 1 atom stereocenters. The molecule has 150 valence electrons. The lowest BCUT2D eigenvalue weighted by molar-refractivity contribution is -0.384. The number of methoxy groups -OCH3 is 1. The van der Waals surface area contributed by atoms with Crippen molar-refractivity contribution < 1.29 is 19.5 Å². The van der Waals surface area contributed by atoms with Crippen molar-refractivity contribution in [2.45, 2.75) is 12.8 Å². The van der Waals surface area contributed by atoms with Crippen LogP contribution in [-0.4, -0.2) is 66.0 Å². The van der Waals surface area contributed by atoms with Crippen molar-refractivity contribution in [2.75, 3.05) is 39.9 Å². The van der Waals surface area contributed by atoms with Crippen molar-refractivity contribution in [2.24, 2.45) is 0 Å². The molecule has 1 unspecified atom stereocenters. The van der Waals surface area contributed by atoms with Gasteiger partial charge >= 0.3 is 0 Å². The van der Waals surface area contributed by atoms with Crippen molar-refractivity contribution in [1.29, 1.82) is 0 Å². The summed E-state index contributed by atoms with van der Waals surface area (Å²) < 4.78 is 10.7. The molecule has 0 bridgehead atoms. The Hall–Kier alpha value is -2.68. The lowest BCUT2D eigenvalue weighted by Crippen LogP contribution is -2.51. The van der Waals surface area contributed by atoms with Gasteiger partial charge in [0.25, 0.3) is 5.69 Å². The highest BCUT2D eigenvalue weighted by molar-refractivity contribution is 5.36. The Morgan fingerprint density at radius 3 is 2.21 bits per heavy atom. The number of piperazine rings is 1. The number of non-ortho nitro benzene ring substituents is 1. The quantitative estimate of drug-likeness (QED) is 0.548. The summed E-state index contributed by atoms with van der Waals surface area (Å²) in [7, 11) is 1.66. The first-order chi connectivity index (χ1) is 13.5. The fourth-order valence-electron chi connectivity index (χ4n) is 3.15. The molecule has 28 heavy (non-hydrogen) atoms. The Morgan fingerprint density at radius 1 is 1.04 bits per heavy atom. The number of nitro benzene ring substituents is 1. The van der Waals surface area contributed by atoms with Gasteiger partial charge in [0.15, 0.2) is 0 Å². The van der Waals surface area contributed by atoms with Crippen LogP contribution >= 0.6 is 0 Å². The third kappa shape index (κ3) is 5.41. The molecule has 1 aliphatic rings. The Bertz CT molecular complexity index is 758. The molecule has 0 aliphatic carbocycles. The summed E-state index contributed by atoms with van der Waals surface area (Å²) in [6.07, 6.45) is -0.710. The zero-order valence-electron chi connectivity index (χ0n) is 15.9. The summed E-state index contributed by atoms with van der Waals surface area (Å²) in [5.41, 5.74) is 1.25. The van der Waals surface area contributed by atoms with Gasteiger partial charge in [0.05, 0.1) is 12.0 Å². The number of benzene rings is 2. The zero-order valence-corrected chi connectivity index (χ0v) is 15.9. The van der Waals surface area contributed by atoms with Crippen LogP contribution in [0.15, 0.2) is 48.5 Å². The van der Waals surface area contributed by atoms with E-state index in [0.29, 0.717) is 5.75 Å². The number of aliphatic hydroxyl groups is 1. The van der Waals surface area contributed by atoms with E-state index in [-0.39, 0.29) is 12.3 Å². The number of hydrogen-bond donors (Lipinski definition) is 1. The van der Waals surface area contributed by atoms with E-state index in [4.69, 9.17) is 9.47 Å². The normalized spacial score (nSPS) is 16.5. The third-order valence-electron chi connectivity index (χ3n) is 4.84. The number of rotatable bonds is 8. The van der Waals surface area contributed by atoms with Crippen LogP contribution in [0.3, 0.4) is 0 Å². The van der Waals surface area contributed by atoms with Gasteiger partial charge < -0.3 is 14.6 Å². The lowest BCUT2D eigenvalue weighted by atomic mass is 10.2. The second-order valence-electron chi connectivity index (χ2n) is 6.70. The van der Waals surface area contributed by atoms with E-state index in [9.17, 15) is 15.2 Å². The standard InChI is InChI=1S/C20H25N3O5/c1-27-18-6-2-16(3-7-18)14-21-10-12-22(13-11-21)20(24)15-28-19-8-4-17(5-9-19)23(25)26/h2-9,20,24H,10-15H2,1H3. The maximum absolute atomic E-state index is 10.7. The summed E-state index contributed by atoms with van der Waals surface area (Å²) >= 11 is 0. The molecule has 1 fully saturated rings. The highest BCUT2D eigenvalue weighted by atomic mass is 16.6. The Kier molecular flexibility index (Phi) is 6.80. The average molecular weight is 387 g/mol. The molecule has 8 heteroatoms. The minimum absolute atomic E-state index is 0.0147. The Balaban J connectivity index is 1.41. The minimum Gasteiger partial charge on any atom is -0.497 e. The van der Waals surface area contributed by atoms with Crippen molar-refractivity contribution >= 4 is 5.69 Å². The van der Waals surface area contributed by atoms with Crippen LogP contribution in [0.25, 0.3) is 0 Å². The lowest BCUT2D eigenvalue weighted by Gasteiger charge is -2.37. The fourth-order valence-corrected chi connectivity index (χ4v) is 3.15. The van der Waals surface area contributed by atoms with Crippen LogP contribution in [0.1, 0.15) is 5.56 Å². The van der Waals surface area contributed by atoms with E-state index in [1.807, 2.05) is 17.0 Å². The van der Waals surface area contributed by atoms with Gasteiger partial charge in [-0.1, -0.05) is 12.1 Å². The van der Waals surface area contributed by atoms with E-state index >= 15 is 0 Å². The average Bonchev–Trinajstić information content (AvgIpc) is 2.73. The number of aliphatic hydroxyl groups excluding tert-OH is 1. The Labute approximate surface area is 164 Å². The molecule has 0 amide bonds. The molecule has 3 rings (SSSR count). The summed E-state index contributed by atoms with van der Waals surface area (Å²) in [6, 6.07) is 13.9. The van der Waals surface area contributed by atoms with Crippen molar-refractivity contribution in [3.05, 3.63) is 64.2 Å². The van der Waals surface area contributed by atoms with Gasteiger partial charge in [-0.15, -0.1) is 0 Å². The summed E-state index contributed by atoms with van der Waals surface area (Å²) in [5, 5.41) is 21.0. The largest absolute Gasteiger partial charge is 0.497 e. The number of nitro groups is 1. The van der Waals surface area contributed by atoms with E-state index in [1.54, 1.807) is 7.11 Å². The third-order valence-corrected chi connectivity index (χ3v) is 4.84. The maximum atomic E-state index is 10.7. The highest BCUT2D eigenvalue weighted by Gasteiger charge is 2.22. The molecule has 1 N–H and O–H groups in total. The maximum Gasteiger partial charge on any atom is 0.269 e. The molecule has 0 saturated carbocycles. The highest BCUT2D eigenvalue weighted by Crippen LogP contribution is 2.18. The van der Waals surface area contributed by atoms with Crippen molar-refractivity contribution in [3.63, 3.8) is 0 Å². The smallest absolute Gasteiger partial charge is 0.269 e. The predicted molar refractivity (Wildman–Crippen MR) is 104 cm³/mol. The van der Waals surface area contributed by atoms with Gasteiger partial charge in [0.1, 0.15) is 24.3 Å². The molecular formula is C20H25N3O5. The van der Waals surface area contributed by atoms with Gasteiger partial charge in [-0.25, -0.2) is 0 Å². The van der Waals surface area contributed by atoms with Crippen LogP contribution in [0.5, 0.6) is 11.5 Å². The van der Waals surface area contributed by atoms with Gasteiger partial charge in [0, 0.05) is 44.9 Å². The molecule has 2 aromatic rings. The van der Waals surface area contributed by atoms with Crippen molar-refractivity contribution in [1.82, 2.24) is 9.80 Å². The van der Waals surface area contributed by atoms with Crippen LogP contribution in [-0.2, 0) is 6.54 Å². The van der Waals surface area contributed by atoms with Gasteiger partial charge in [0.2, 0.25) is 0 Å². The topological polar surface area (TPSA) is 88.3 Å². The molecule has 8 nitrogen and oxygen atoms in total. The second kappa shape index (κ2) is 9.50. The Morgan fingerprint density at radius 2 is 1.64 bits per heavy atom. The van der Waals surface area contributed by atoms with Crippen LogP contribution in [0.4, 0.5) is 5.69 Å². The van der Waals surface area contributed by atoms with E-state index in [1.165, 1.54) is 29.8 Å². The monoisotopic (exact) mass is 387 g/mol. The molecule has 0 spiro atoms. The zero-order chi connectivity index (χ0) is 19.9. The first-order valence-corrected chi connectivity index (χ1v) is 9.20. The molecule has 2 aromatic carbocycles. The van der Waals surface area contributed by atoms with E-state index in [2.05, 4.69) is 17.0 Å². The first-order valence-electron chi connectivity index (χ1n) is 9.20. The van der Waals surface area contributed by atoms with Gasteiger partial charge in [-0.2, -0.15) is 0 Å². The summed E-state index contributed by atoms with van der Waals surface area (Å²) in [4.78, 5) is 14.5. The first kappa shape index (κ1) is 20.1. The predicted octanol–water partition coefficient (Wildman–Crippen LogP) is 2.12. The molecule has 0 radical (unpaired) electrons. The second-order valence-corrected chi connectivity index (χ2v) is 6.70. The molecule has 1 aliphatic heterocycles. The molecule has 0 aromatic heterocycles.